The van der Waals surface area contributed by atoms with E-state index in [1.54, 1.807) is 23.1 Å². The van der Waals surface area contributed by atoms with E-state index in [2.05, 4.69) is 5.32 Å². The average Bonchev–Trinajstić information content (AvgIpc) is 2.84. The molecule has 1 aromatic carbocycles. The number of carbonyl (C=O) groups is 1. The third-order valence-corrected chi connectivity index (χ3v) is 4.86. The molecular weight excluding hydrogens is 324 g/mol. The van der Waals surface area contributed by atoms with Crippen molar-refractivity contribution in [2.45, 2.75) is 11.4 Å². The molecule has 0 aliphatic heterocycles. The minimum absolute atomic E-state index is 0.0124. The van der Waals surface area contributed by atoms with Gasteiger partial charge in [0.2, 0.25) is 5.91 Å². The molecule has 0 bridgehead atoms. The van der Waals surface area contributed by atoms with E-state index in [-0.39, 0.29) is 5.91 Å². The second kappa shape index (κ2) is 7.84. The third-order valence-electron chi connectivity index (χ3n) is 2.85. The van der Waals surface area contributed by atoms with E-state index in [4.69, 9.17) is 11.6 Å². The van der Waals surface area contributed by atoms with Gasteiger partial charge in [0.05, 0.1) is 16.6 Å². The summed E-state index contributed by atoms with van der Waals surface area (Å²) in [6.45, 7) is 1.06. The summed E-state index contributed by atoms with van der Waals surface area (Å²) < 4.78 is 0.775. The summed E-state index contributed by atoms with van der Waals surface area (Å²) in [5, 5.41) is 2.96. The Morgan fingerprint density at radius 2 is 2.10 bits per heavy atom. The highest BCUT2D eigenvalue weighted by atomic mass is 35.5. The number of rotatable bonds is 6. The zero-order valence-electron chi connectivity index (χ0n) is 11.9. The molecule has 1 heterocycles. The smallest absolute Gasteiger partial charge is 0.238 e. The van der Waals surface area contributed by atoms with E-state index in [9.17, 15) is 4.79 Å². The lowest BCUT2D eigenvalue weighted by Gasteiger charge is -2.16. The number of nitrogens with one attached hydrogen (secondary N) is 1. The molecule has 0 fully saturated rings. The summed E-state index contributed by atoms with van der Waals surface area (Å²) in [4.78, 5) is 16.3. The van der Waals surface area contributed by atoms with Gasteiger partial charge < -0.3 is 5.32 Å². The molecule has 1 aromatic heterocycles. The number of para-hydroxylation sites is 1. The highest BCUT2D eigenvalue weighted by Crippen LogP contribution is 2.25. The summed E-state index contributed by atoms with van der Waals surface area (Å²) in [7, 11) is 1.92. The van der Waals surface area contributed by atoms with Crippen LogP contribution >= 0.6 is 34.7 Å². The van der Waals surface area contributed by atoms with Crippen molar-refractivity contribution in [3.63, 3.8) is 0 Å². The average molecular weight is 341 g/mol. The van der Waals surface area contributed by atoms with Gasteiger partial charge in [0.15, 0.2) is 0 Å². The zero-order valence-corrected chi connectivity index (χ0v) is 14.3. The Kier molecular flexibility index (Phi) is 6.11. The van der Waals surface area contributed by atoms with Gasteiger partial charge in [-0.25, -0.2) is 0 Å². The molecule has 0 aliphatic rings. The first-order chi connectivity index (χ1) is 10.1. The van der Waals surface area contributed by atoms with Crippen LogP contribution in [0.15, 0.2) is 41.3 Å². The van der Waals surface area contributed by atoms with Crippen molar-refractivity contribution in [3.05, 3.63) is 45.6 Å². The Morgan fingerprint density at radius 3 is 2.76 bits per heavy atom. The van der Waals surface area contributed by atoms with Gasteiger partial charge in [-0.15, -0.1) is 23.1 Å². The fraction of sp³-hybridized carbons (Fsp3) is 0.267. The molecule has 112 valence electrons. The summed E-state index contributed by atoms with van der Waals surface area (Å²) in [5.74, 6) is -0.0124. The lowest BCUT2D eigenvalue weighted by molar-refractivity contribution is -0.117. The maximum atomic E-state index is 12.1. The molecule has 2 rings (SSSR count). The minimum Gasteiger partial charge on any atom is -0.324 e. The van der Waals surface area contributed by atoms with Crippen LogP contribution < -0.4 is 5.32 Å². The molecule has 6 heteroatoms. The molecule has 0 saturated carbocycles. The Bertz CT molecular complexity index is 615. The summed E-state index contributed by atoms with van der Waals surface area (Å²) in [5.41, 5.74) is 0.863. The zero-order chi connectivity index (χ0) is 15.2. The monoisotopic (exact) mass is 340 g/mol. The highest BCUT2D eigenvalue weighted by Gasteiger charge is 2.10. The molecule has 1 N–H and O–H groups in total. The normalized spacial score (nSPS) is 10.9. The van der Waals surface area contributed by atoms with Crippen molar-refractivity contribution in [3.8, 4) is 0 Å². The Labute approximate surface area is 138 Å². The first kappa shape index (κ1) is 16.4. The quantitative estimate of drug-likeness (QED) is 0.800. The lowest BCUT2D eigenvalue weighted by Crippen LogP contribution is -2.29. The van der Waals surface area contributed by atoms with Gasteiger partial charge >= 0.3 is 0 Å². The molecule has 0 unspecified atom stereocenters. The number of hydrogen-bond donors (Lipinski definition) is 1. The molecule has 0 saturated heterocycles. The van der Waals surface area contributed by atoms with Gasteiger partial charge in [-0.1, -0.05) is 23.7 Å². The van der Waals surface area contributed by atoms with E-state index < -0.39 is 0 Å². The van der Waals surface area contributed by atoms with Crippen LogP contribution in [0, 0.1) is 0 Å². The first-order valence-corrected chi connectivity index (χ1v) is 8.86. The largest absolute Gasteiger partial charge is 0.324 e. The van der Waals surface area contributed by atoms with Crippen molar-refractivity contribution in [2.75, 3.05) is 25.2 Å². The first-order valence-electron chi connectivity index (χ1n) is 6.44. The molecule has 1 amide bonds. The maximum Gasteiger partial charge on any atom is 0.238 e. The van der Waals surface area contributed by atoms with Gasteiger partial charge in [-0.3, -0.25) is 9.69 Å². The second-order valence-corrected chi connectivity index (χ2v) is 7.27. The fourth-order valence-electron chi connectivity index (χ4n) is 1.94. The third kappa shape index (κ3) is 5.04. The molecule has 0 radical (unpaired) electrons. The number of anilines is 1. The van der Waals surface area contributed by atoms with Crippen LogP contribution in [-0.4, -0.2) is 30.7 Å². The molecule has 21 heavy (non-hydrogen) atoms. The van der Waals surface area contributed by atoms with Crippen molar-refractivity contribution in [1.29, 1.82) is 0 Å². The van der Waals surface area contributed by atoms with Crippen LogP contribution in [0.3, 0.4) is 0 Å². The molecule has 2 aromatic rings. The van der Waals surface area contributed by atoms with E-state index in [0.29, 0.717) is 6.54 Å². The number of halogens is 1. The van der Waals surface area contributed by atoms with Crippen LogP contribution in [0.5, 0.6) is 0 Å². The predicted octanol–water partition coefficient (Wildman–Crippen LogP) is 4.19. The Balaban J connectivity index is 1.89. The van der Waals surface area contributed by atoms with Crippen LogP contribution in [0.1, 0.15) is 4.88 Å². The number of carbonyl (C=O) groups excluding carboxylic acids is 1. The minimum atomic E-state index is -0.0124. The van der Waals surface area contributed by atoms with Crippen LogP contribution in [-0.2, 0) is 11.3 Å². The second-order valence-electron chi connectivity index (χ2n) is 4.63. The van der Waals surface area contributed by atoms with Crippen molar-refractivity contribution < 1.29 is 4.79 Å². The number of thioether (sulfide) groups is 1. The van der Waals surface area contributed by atoms with Gasteiger partial charge in [-0.2, -0.15) is 0 Å². The number of benzene rings is 1. The SMILES string of the molecule is CSc1ccccc1NC(=O)CN(C)Cc1ccc(Cl)s1. The van der Waals surface area contributed by atoms with E-state index in [1.165, 1.54) is 0 Å². The van der Waals surface area contributed by atoms with Gasteiger partial charge in [0.25, 0.3) is 0 Å². The summed E-state index contributed by atoms with van der Waals surface area (Å²) in [6.07, 6.45) is 2.00. The predicted molar refractivity (Wildman–Crippen MR) is 92.5 cm³/mol. The molecule has 3 nitrogen and oxygen atoms in total. The molecule has 0 spiro atoms. The van der Waals surface area contributed by atoms with Crippen molar-refractivity contribution in [2.24, 2.45) is 0 Å². The number of thiophene rings is 1. The van der Waals surface area contributed by atoms with E-state index in [0.717, 1.165) is 26.3 Å². The van der Waals surface area contributed by atoms with Gasteiger partial charge in [0, 0.05) is 16.3 Å². The Hall–Kier alpha value is -1.01. The Morgan fingerprint density at radius 1 is 1.33 bits per heavy atom. The van der Waals surface area contributed by atoms with E-state index in [1.807, 2.05) is 54.6 Å². The van der Waals surface area contributed by atoms with Crippen molar-refractivity contribution in [1.82, 2.24) is 4.90 Å². The van der Waals surface area contributed by atoms with Crippen molar-refractivity contribution >= 4 is 46.3 Å². The fourth-order valence-corrected chi connectivity index (χ4v) is 3.66. The molecule has 0 atom stereocenters. The summed E-state index contributed by atoms with van der Waals surface area (Å²) in [6, 6.07) is 11.7. The highest BCUT2D eigenvalue weighted by molar-refractivity contribution is 7.98. The topological polar surface area (TPSA) is 32.3 Å². The molecule has 0 aliphatic carbocycles. The number of nitrogens with zero attached hydrogens (tertiary/aromatic N) is 1. The van der Waals surface area contributed by atoms with Gasteiger partial charge in [0.1, 0.15) is 0 Å². The lowest BCUT2D eigenvalue weighted by atomic mass is 10.3. The molecular formula is C15H17ClN2OS2. The maximum absolute atomic E-state index is 12.1. The van der Waals surface area contributed by atoms with Gasteiger partial charge in [-0.05, 0) is 37.6 Å². The number of amides is 1. The van der Waals surface area contributed by atoms with E-state index >= 15 is 0 Å². The number of hydrogen-bond acceptors (Lipinski definition) is 4. The standard InChI is InChI=1S/C15H17ClN2OS2/c1-18(9-11-7-8-14(16)21-11)10-15(19)17-12-5-3-4-6-13(12)20-2/h3-8H,9-10H2,1-2H3,(H,17,19). The van der Waals surface area contributed by atoms with Crippen LogP contribution in [0.4, 0.5) is 5.69 Å². The van der Waals surface area contributed by atoms with Crippen LogP contribution in [0.2, 0.25) is 4.34 Å². The van der Waals surface area contributed by atoms with Crippen LogP contribution in [0.25, 0.3) is 0 Å². The summed E-state index contributed by atoms with van der Waals surface area (Å²) >= 11 is 9.07. The number of likely N-dealkylation sites (N-methyl/N-ethyl adjacent to an activating group) is 1.